The minimum absolute atomic E-state index is 0.0810. The summed E-state index contributed by atoms with van der Waals surface area (Å²) in [6, 6.07) is 16.4. The van der Waals surface area contributed by atoms with Crippen LogP contribution >= 0.6 is 0 Å². The van der Waals surface area contributed by atoms with E-state index in [0.717, 1.165) is 53.7 Å². The molecule has 1 fully saturated rings. The number of hydrogen-bond acceptors (Lipinski definition) is 4. The highest BCUT2D eigenvalue weighted by molar-refractivity contribution is 5.93. The van der Waals surface area contributed by atoms with Gasteiger partial charge < -0.3 is 20.9 Å². The van der Waals surface area contributed by atoms with Crippen molar-refractivity contribution < 1.29 is 9.18 Å². The van der Waals surface area contributed by atoms with E-state index in [-0.39, 0.29) is 17.9 Å². The molecule has 4 rings (SSSR count). The third-order valence-electron chi connectivity index (χ3n) is 6.21. The van der Waals surface area contributed by atoms with Gasteiger partial charge in [-0.1, -0.05) is 30.3 Å². The predicted molar refractivity (Wildman–Crippen MR) is 127 cm³/mol. The summed E-state index contributed by atoms with van der Waals surface area (Å²) in [7, 11) is 4.08. The fourth-order valence-electron chi connectivity index (χ4n) is 4.52. The number of carbonyl (C=O) groups excluding carboxylic acids is 1. The Morgan fingerprint density at radius 2 is 1.78 bits per heavy atom. The van der Waals surface area contributed by atoms with Crippen LogP contribution in [0.15, 0.2) is 54.6 Å². The summed E-state index contributed by atoms with van der Waals surface area (Å²) in [5, 5.41) is 4.73. The molecule has 1 aliphatic rings. The summed E-state index contributed by atoms with van der Waals surface area (Å²) >= 11 is 0. The lowest BCUT2D eigenvalue weighted by atomic mass is 9.90. The molecule has 6 nitrogen and oxygen atoms in total. The highest BCUT2D eigenvalue weighted by atomic mass is 19.1. The third-order valence-corrected chi connectivity index (χ3v) is 6.21. The first-order chi connectivity index (χ1) is 15.4. The molecule has 2 aromatic carbocycles. The molecule has 0 aliphatic heterocycles. The Morgan fingerprint density at radius 3 is 2.44 bits per heavy atom. The number of nitrogens with two attached hydrogens (primary N) is 1. The number of urea groups is 1. The van der Waals surface area contributed by atoms with Crippen LogP contribution in [0.1, 0.15) is 31.2 Å². The van der Waals surface area contributed by atoms with E-state index >= 15 is 0 Å². The third kappa shape index (κ3) is 4.93. The summed E-state index contributed by atoms with van der Waals surface area (Å²) in [5.41, 5.74) is 8.66. The Bertz CT molecular complexity index is 1080. The molecule has 0 radical (unpaired) electrons. The molecule has 3 aromatic rings. The Labute approximate surface area is 188 Å². The number of nitrogens with one attached hydrogen (secondary N) is 1. The van der Waals surface area contributed by atoms with Crippen molar-refractivity contribution in [2.75, 3.05) is 24.3 Å². The van der Waals surface area contributed by atoms with Crippen LogP contribution in [0.5, 0.6) is 0 Å². The van der Waals surface area contributed by atoms with Crippen LogP contribution in [-0.2, 0) is 6.54 Å². The summed E-state index contributed by atoms with van der Waals surface area (Å²) < 4.78 is 13.2. The number of benzene rings is 2. The van der Waals surface area contributed by atoms with Gasteiger partial charge in [-0.3, -0.25) is 0 Å². The molecule has 32 heavy (non-hydrogen) atoms. The smallest absolute Gasteiger partial charge is 0.315 e. The first kappa shape index (κ1) is 21.9. The number of nitrogens with zero attached hydrogens (tertiary/aromatic N) is 3. The van der Waals surface area contributed by atoms with E-state index in [0.29, 0.717) is 6.54 Å². The number of amides is 2. The lowest BCUT2D eigenvalue weighted by Crippen LogP contribution is -2.46. The van der Waals surface area contributed by atoms with Crippen molar-refractivity contribution in [1.82, 2.24) is 9.88 Å². The van der Waals surface area contributed by atoms with E-state index in [2.05, 4.69) is 22.3 Å². The monoisotopic (exact) mass is 435 g/mol. The summed E-state index contributed by atoms with van der Waals surface area (Å²) in [6.07, 6.45) is 3.55. The second-order valence-electron chi connectivity index (χ2n) is 8.68. The zero-order valence-corrected chi connectivity index (χ0v) is 18.6. The van der Waals surface area contributed by atoms with E-state index in [9.17, 15) is 9.18 Å². The maximum absolute atomic E-state index is 13.2. The molecule has 1 heterocycles. The molecule has 168 valence electrons. The Morgan fingerprint density at radius 1 is 1.09 bits per heavy atom. The van der Waals surface area contributed by atoms with Crippen LogP contribution in [0.25, 0.3) is 10.9 Å². The normalized spacial score (nSPS) is 18.3. The quantitative estimate of drug-likeness (QED) is 0.586. The number of fused-ring (bicyclic) bond motifs is 1. The predicted octanol–water partition coefficient (Wildman–Crippen LogP) is 4.74. The molecule has 2 amide bonds. The zero-order valence-electron chi connectivity index (χ0n) is 18.6. The Balaban J connectivity index is 1.42. The molecule has 1 aromatic heterocycles. The molecule has 0 unspecified atom stereocenters. The molecule has 0 saturated heterocycles. The molecule has 1 saturated carbocycles. The van der Waals surface area contributed by atoms with Crippen LogP contribution in [0.3, 0.4) is 0 Å². The number of rotatable bonds is 6. The summed E-state index contributed by atoms with van der Waals surface area (Å²) in [4.78, 5) is 20.7. The lowest BCUT2D eigenvalue weighted by molar-refractivity contribution is 0.156. The average molecular weight is 436 g/mol. The average Bonchev–Trinajstić information content (AvgIpc) is 2.78. The second-order valence-corrected chi connectivity index (χ2v) is 8.68. The van der Waals surface area contributed by atoms with Gasteiger partial charge in [-0.05, 0) is 49.4 Å². The lowest BCUT2D eigenvalue weighted by Gasteiger charge is -2.36. The van der Waals surface area contributed by atoms with Gasteiger partial charge in [0.2, 0.25) is 0 Å². The fraction of sp³-hybridized carbons (Fsp3) is 0.360. The van der Waals surface area contributed by atoms with Gasteiger partial charge in [0.05, 0.1) is 5.52 Å². The summed E-state index contributed by atoms with van der Waals surface area (Å²) in [6.45, 7) is 0.400. The highest BCUT2D eigenvalue weighted by Crippen LogP contribution is 2.30. The molecular weight excluding hydrogens is 405 g/mol. The SMILES string of the molecule is CN(C)c1cc(NC2CCC(N(Cc3ccc(F)cc3)C(N)=O)CC2)nc2ccccc12. The largest absolute Gasteiger partial charge is 0.377 e. The minimum Gasteiger partial charge on any atom is -0.377 e. The second kappa shape index (κ2) is 9.42. The van der Waals surface area contributed by atoms with Crippen LogP contribution in [-0.4, -0.2) is 42.1 Å². The molecule has 0 bridgehead atoms. The minimum atomic E-state index is -0.433. The van der Waals surface area contributed by atoms with Gasteiger partial charge in [0.15, 0.2) is 0 Å². The van der Waals surface area contributed by atoms with Crippen LogP contribution < -0.4 is 16.0 Å². The van der Waals surface area contributed by atoms with Crippen molar-refractivity contribution in [1.29, 1.82) is 0 Å². The van der Waals surface area contributed by atoms with Crippen molar-refractivity contribution >= 4 is 28.4 Å². The number of hydrogen-bond donors (Lipinski definition) is 2. The van der Waals surface area contributed by atoms with Crippen molar-refractivity contribution in [2.45, 2.75) is 44.3 Å². The van der Waals surface area contributed by atoms with E-state index in [1.54, 1.807) is 17.0 Å². The van der Waals surface area contributed by atoms with E-state index in [4.69, 9.17) is 10.7 Å². The van der Waals surface area contributed by atoms with E-state index in [1.165, 1.54) is 12.1 Å². The maximum Gasteiger partial charge on any atom is 0.315 e. The number of pyridine rings is 1. The fourth-order valence-corrected chi connectivity index (χ4v) is 4.52. The van der Waals surface area contributed by atoms with Gasteiger partial charge in [-0.25, -0.2) is 14.2 Å². The number of carbonyl (C=O) groups is 1. The topological polar surface area (TPSA) is 74.5 Å². The molecule has 7 heteroatoms. The molecule has 0 atom stereocenters. The Kier molecular flexibility index (Phi) is 6.44. The van der Waals surface area contributed by atoms with Gasteiger partial charge in [0.1, 0.15) is 11.6 Å². The Hall–Kier alpha value is -3.35. The summed E-state index contributed by atoms with van der Waals surface area (Å²) in [5.74, 6) is 0.583. The molecular formula is C25H30FN5O. The number of halogens is 1. The van der Waals surface area contributed by atoms with Crippen molar-refractivity contribution in [2.24, 2.45) is 5.73 Å². The number of anilines is 2. The van der Waals surface area contributed by atoms with Gasteiger partial charge in [0, 0.05) is 49.9 Å². The van der Waals surface area contributed by atoms with E-state index in [1.807, 2.05) is 32.3 Å². The molecule has 0 spiro atoms. The zero-order chi connectivity index (χ0) is 22.7. The van der Waals surface area contributed by atoms with Crippen LogP contribution in [0, 0.1) is 5.82 Å². The van der Waals surface area contributed by atoms with Crippen LogP contribution in [0.2, 0.25) is 0 Å². The van der Waals surface area contributed by atoms with Gasteiger partial charge in [-0.15, -0.1) is 0 Å². The van der Waals surface area contributed by atoms with Gasteiger partial charge >= 0.3 is 6.03 Å². The van der Waals surface area contributed by atoms with Gasteiger partial charge in [-0.2, -0.15) is 0 Å². The van der Waals surface area contributed by atoms with Crippen LogP contribution in [0.4, 0.5) is 20.7 Å². The number of primary amides is 1. The first-order valence-corrected chi connectivity index (χ1v) is 11.0. The van der Waals surface area contributed by atoms with Crippen molar-refractivity contribution in [3.63, 3.8) is 0 Å². The maximum atomic E-state index is 13.2. The molecule has 1 aliphatic carbocycles. The van der Waals surface area contributed by atoms with E-state index < -0.39 is 6.03 Å². The first-order valence-electron chi connectivity index (χ1n) is 11.0. The van der Waals surface area contributed by atoms with Gasteiger partial charge in [0.25, 0.3) is 0 Å². The standard InChI is InChI=1S/C25H30FN5O/c1-30(2)23-15-24(29-22-6-4-3-5-21(22)23)28-19-11-13-20(14-12-19)31(25(27)32)16-17-7-9-18(26)10-8-17/h3-10,15,19-20H,11-14,16H2,1-2H3,(H2,27,32)(H,28,29). The molecule has 3 N–H and O–H groups in total. The number of para-hydroxylation sites is 1. The number of aromatic nitrogens is 1. The van der Waals surface area contributed by atoms with Crippen molar-refractivity contribution in [3.05, 3.63) is 66.0 Å². The van der Waals surface area contributed by atoms with Crippen molar-refractivity contribution in [3.8, 4) is 0 Å². The highest BCUT2D eigenvalue weighted by Gasteiger charge is 2.28.